The molecule has 1 aromatic carbocycles. The van der Waals surface area contributed by atoms with Gasteiger partial charge >= 0.3 is 0 Å². The highest BCUT2D eigenvalue weighted by atomic mass is 16.6. The van der Waals surface area contributed by atoms with Crippen LogP contribution < -0.4 is 0 Å². The number of hydrogen-bond donors (Lipinski definition) is 0. The lowest BCUT2D eigenvalue weighted by atomic mass is 10.2. The number of nitro groups is 1. The van der Waals surface area contributed by atoms with Crippen LogP contribution in [0.5, 0.6) is 0 Å². The Balaban J connectivity index is 3.20. The molecule has 5 nitrogen and oxygen atoms in total. The van der Waals surface area contributed by atoms with E-state index in [2.05, 4.69) is 0 Å². The predicted molar refractivity (Wildman–Crippen MR) is 47.8 cm³/mol. The molecule has 68 valence electrons. The molecule has 1 aromatic rings. The molecule has 13 heavy (non-hydrogen) atoms. The summed E-state index contributed by atoms with van der Waals surface area (Å²) in [6, 6.07) is 6.07. The molecule has 0 radical (unpaired) electrons. The molecule has 0 amide bonds. The highest BCUT2D eigenvalue weighted by Crippen LogP contribution is 2.14. The van der Waals surface area contributed by atoms with Crippen LogP contribution in [0.15, 0.2) is 24.3 Å². The van der Waals surface area contributed by atoms with Crippen LogP contribution in [-0.2, 0) is 0 Å². The van der Waals surface area contributed by atoms with E-state index in [1.54, 1.807) is 12.1 Å². The third-order valence-corrected chi connectivity index (χ3v) is 1.45. The standard InChI is InChI=1S/C8H8N2O3/c1-9(11)6-7-4-2-3-5-8(7)10(12)13/h2-6H,1H3/b9-6+. The van der Waals surface area contributed by atoms with Crippen molar-refractivity contribution in [1.29, 1.82) is 0 Å². The number of nitro benzene ring substituents is 1. The summed E-state index contributed by atoms with van der Waals surface area (Å²) in [5, 5.41) is 21.1. The van der Waals surface area contributed by atoms with Crippen molar-refractivity contribution < 1.29 is 9.66 Å². The van der Waals surface area contributed by atoms with Crippen LogP contribution >= 0.6 is 0 Å². The maximum Gasteiger partial charge on any atom is 0.282 e. The average molecular weight is 180 g/mol. The Labute approximate surface area is 74.7 Å². The molecular weight excluding hydrogens is 172 g/mol. The monoisotopic (exact) mass is 180 g/mol. The Morgan fingerprint density at radius 3 is 2.46 bits per heavy atom. The molecule has 0 saturated heterocycles. The summed E-state index contributed by atoms with van der Waals surface area (Å²) < 4.78 is 0.530. The molecule has 0 atom stereocenters. The van der Waals surface area contributed by atoms with E-state index < -0.39 is 4.92 Å². The Morgan fingerprint density at radius 2 is 1.92 bits per heavy atom. The van der Waals surface area contributed by atoms with E-state index in [4.69, 9.17) is 0 Å². The molecule has 0 unspecified atom stereocenters. The van der Waals surface area contributed by atoms with E-state index in [1.165, 1.54) is 19.2 Å². The van der Waals surface area contributed by atoms with Gasteiger partial charge in [0, 0.05) is 6.07 Å². The third kappa shape index (κ3) is 2.26. The summed E-state index contributed by atoms with van der Waals surface area (Å²) in [6.45, 7) is 0. The molecule has 0 aliphatic rings. The first kappa shape index (κ1) is 9.18. The van der Waals surface area contributed by atoms with Gasteiger partial charge < -0.3 is 5.21 Å². The smallest absolute Gasteiger partial charge is 0.282 e. The Morgan fingerprint density at radius 1 is 1.31 bits per heavy atom. The number of hydroxylamine groups is 1. The van der Waals surface area contributed by atoms with Gasteiger partial charge in [0.2, 0.25) is 0 Å². The maximum absolute atomic E-state index is 10.6. The molecule has 0 heterocycles. The molecule has 5 heteroatoms. The van der Waals surface area contributed by atoms with Gasteiger partial charge in [0.15, 0.2) is 6.21 Å². The van der Waals surface area contributed by atoms with Gasteiger partial charge in [-0.25, -0.2) is 4.74 Å². The minimum absolute atomic E-state index is 0.0646. The fourth-order valence-corrected chi connectivity index (χ4v) is 0.959. The Bertz CT molecular complexity index is 356. The Hall–Kier alpha value is -1.91. The van der Waals surface area contributed by atoms with Crippen molar-refractivity contribution in [2.75, 3.05) is 7.05 Å². The quantitative estimate of drug-likeness (QED) is 0.225. The molecule has 0 aliphatic carbocycles. The highest BCUT2D eigenvalue weighted by molar-refractivity contribution is 5.81. The summed E-state index contributed by atoms with van der Waals surface area (Å²) in [7, 11) is 1.27. The van der Waals surface area contributed by atoms with Gasteiger partial charge in [0.05, 0.1) is 4.92 Å². The van der Waals surface area contributed by atoms with Crippen molar-refractivity contribution in [1.82, 2.24) is 0 Å². The number of benzene rings is 1. The van der Waals surface area contributed by atoms with E-state index in [1.807, 2.05) is 0 Å². The zero-order chi connectivity index (χ0) is 9.84. The van der Waals surface area contributed by atoms with Crippen molar-refractivity contribution in [2.45, 2.75) is 0 Å². The minimum Gasteiger partial charge on any atom is -0.624 e. The lowest BCUT2D eigenvalue weighted by molar-refractivity contribution is -0.417. The van der Waals surface area contributed by atoms with Crippen LogP contribution in [0.1, 0.15) is 5.56 Å². The first-order valence-corrected chi connectivity index (χ1v) is 3.59. The zero-order valence-electron chi connectivity index (χ0n) is 7.01. The number of para-hydroxylation sites is 1. The second kappa shape index (κ2) is 3.66. The number of nitrogens with zero attached hydrogens (tertiary/aromatic N) is 2. The average Bonchev–Trinajstić information content (AvgIpc) is 2.03. The van der Waals surface area contributed by atoms with Crippen molar-refractivity contribution in [3.8, 4) is 0 Å². The van der Waals surface area contributed by atoms with Gasteiger partial charge in [-0.05, 0) is 6.07 Å². The van der Waals surface area contributed by atoms with Gasteiger partial charge in [-0.1, -0.05) is 12.1 Å². The van der Waals surface area contributed by atoms with Crippen molar-refractivity contribution in [3.63, 3.8) is 0 Å². The highest BCUT2D eigenvalue weighted by Gasteiger charge is 2.11. The molecule has 1 rings (SSSR count). The van der Waals surface area contributed by atoms with Crippen molar-refractivity contribution in [2.24, 2.45) is 0 Å². The molecule has 0 saturated carbocycles. The summed E-state index contributed by atoms with van der Waals surface area (Å²) >= 11 is 0. The van der Waals surface area contributed by atoms with E-state index in [0.29, 0.717) is 10.3 Å². The lowest BCUT2D eigenvalue weighted by Crippen LogP contribution is -2.01. The summed E-state index contributed by atoms with van der Waals surface area (Å²) in [5.74, 6) is 0. The third-order valence-electron chi connectivity index (χ3n) is 1.45. The van der Waals surface area contributed by atoms with Crippen molar-refractivity contribution in [3.05, 3.63) is 45.2 Å². The second-order valence-corrected chi connectivity index (χ2v) is 2.49. The molecule has 0 aromatic heterocycles. The second-order valence-electron chi connectivity index (χ2n) is 2.49. The van der Waals surface area contributed by atoms with E-state index >= 15 is 0 Å². The molecule has 0 fully saturated rings. The molecule has 0 aliphatic heterocycles. The molecule has 0 N–H and O–H groups in total. The van der Waals surface area contributed by atoms with Gasteiger partial charge in [0.25, 0.3) is 5.69 Å². The van der Waals surface area contributed by atoms with Crippen LogP contribution in [0.3, 0.4) is 0 Å². The first-order chi connectivity index (χ1) is 6.11. The van der Waals surface area contributed by atoms with Gasteiger partial charge in [0.1, 0.15) is 12.6 Å². The summed E-state index contributed by atoms with van der Waals surface area (Å²) in [6.07, 6.45) is 1.16. The van der Waals surface area contributed by atoms with Gasteiger partial charge in [-0.15, -0.1) is 0 Å². The van der Waals surface area contributed by atoms with Crippen LogP contribution in [0.4, 0.5) is 5.69 Å². The molecule has 0 bridgehead atoms. The molecular formula is C8H8N2O3. The predicted octanol–water partition coefficient (Wildman–Crippen LogP) is 1.15. The largest absolute Gasteiger partial charge is 0.624 e. The number of hydrogen-bond acceptors (Lipinski definition) is 3. The minimum atomic E-state index is -0.519. The van der Waals surface area contributed by atoms with Crippen LogP contribution in [-0.4, -0.2) is 22.9 Å². The zero-order valence-corrected chi connectivity index (χ0v) is 7.01. The van der Waals surface area contributed by atoms with Crippen LogP contribution in [0, 0.1) is 15.3 Å². The fraction of sp³-hybridized carbons (Fsp3) is 0.125. The van der Waals surface area contributed by atoms with Crippen LogP contribution in [0.2, 0.25) is 0 Å². The van der Waals surface area contributed by atoms with E-state index in [0.717, 1.165) is 6.21 Å². The first-order valence-electron chi connectivity index (χ1n) is 3.59. The normalized spacial score (nSPS) is 11.3. The van der Waals surface area contributed by atoms with Gasteiger partial charge in [-0.2, -0.15) is 0 Å². The van der Waals surface area contributed by atoms with Gasteiger partial charge in [-0.3, -0.25) is 10.1 Å². The Kier molecular flexibility index (Phi) is 2.59. The summed E-state index contributed by atoms with van der Waals surface area (Å²) in [4.78, 5) is 9.95. The fourth-order valence-electron chi connectivity index (χ4n) is 0.959. The van der Waals surface area contributed by atoms with E-state index in [9.17, 15) is 15.3 Å². The van der Waals surface area contributed by atoms with E-state index in [-0.39, 0.29) is 5.69 Å². The van der Waals surface area contributed by atoms with Crippen LogP contribution in [0.25, 0.3) is 0 Å². The SMILES string of the molecule is C/[N+]([O-])=C\c1ccccc1[N+](=O)[O-]. The molecule has 0 spiro atoms. The maximum atomic E-state index is 10.6. The number of rotatable bonds is 2. The topological polar surface area (TPSA) is 69.2 Å². The van der Waals surface area contributed by atoms with Crippen molar-refractivity contribution >= 4 is 11.9 Å². The lowest BCUT2D eigenvalue weighted by Gasteiger charge is -1.96. The summed E-state index contributed by atoms with van der Waals surface area (Å²) in [5.41, 5.74) is 0.246.